The summed E-state index contributed by atoms with van der Waals surface area (Å²) in [6.07, 6.45) is 4.27. The van der Waals surface area contributed by atoms with E-state index in [1.54, 1.807) is 11.5 Å². The lowest BCUT2D eigenvalue weighted by Crippen LogP contribution is -2.21. The van der Waals surface area contributed by atoms with E-state index < -0.39 is 11.4 Å². The Bertz CT molecular complexity index is 649. The highest BCUT2D eigenvalue weighted by Crippen LogP contribution is 2.08. The van der Waals surface area contributed by atoms with Crippen molar-refractivity contribution in [2.75, 3.05) is 6.61 Å². The first-order valence-electron chi connectivity index (χ1n) is 5.69. The number of pyridine rings is 1. The van der Waals surface area contributed by atoms with Gasteiger partial charge in [-0.3, -0.25) is 4.79 Å². The van der Waals surface area contributed by atoms with E-state index in [2.05, 4.69) is 9.97 Å². The Morgan fingerprint density at radius 1 is 1.44 bits per heavy atom. The van der Waals surface area contributed by atoms with Crippen molar-refractivity contribution in [3.63, 3.8) is 0 Å². The van der Waals surface area contributed by atoms with Gasteiger partial charge < -0.3 is 9.30 Å². The number of carbonyl (C=O) groups excluding carboxylic acids is 1. The van der Waals surface area contributed by atoms with Gasteiger partial charge in [-0.1, -0.05) is 0 Å². The molecule has 2 aromatic rings. The predicted octanol–water partition coefficient (Wildman–Crippen LogP) is 0.988. The first-order chi connectivity index (χ1) is 8.69. The number of aryl methyl sites for hydroxylation is 1. The van der Waals surface area contributed by atoms with Crippen molar-refractivity contribution in [1.82, 2.24) is 14.5 Å². The monoisotopic (exact) mass is 247 g/mol. The van der Waals surface area contributed by atoms with Gasteiger partial charge in [0.05, 0.1) is 12.0 Å². The molecule has 0 aromatic carbocycles. The van der Waals surface area contributed by atoms with Crippen molar-refractivity contribution >= 4 is 17.0 Å². The fourth-order valence-electron chi connectivity index (χ4n) is 1.73. The molecule has 94 valence electrons. The Balaban J connectivity index is 2.73. The lowest BCUT2D eigenvalue weighted by Gasteiger charge is -2.09. The standard InChI is InChI=1S/C12H13N3O3/c1-3-15-6-9(12(17)18-4-2)10(16)8-5-13-7-14-11(8)15/h5-7H,3-4H2,1-2H3. The Morgan fingerprint density at radius 3 is 2.89 bits per heavy atom. The van der Waals surface area contributed by atoms with E-state index >= 15 is 0 Å². The quantitative estimate of drug-likeness (QED) is 0.756. The Kier molecular flexibility index (Phi) is 3.36. The summed E-state index contributed by atoms with van der Waals surface area (Å²) in [4.78, 5) is 31.7. The summed E-state index contributed by atoms with van der Waals surface area (Å²) in [7, 11) is 0. The third-order valence-corrected chi connectivity index (χ3v) is 2.57. The van der Waals surface area contributed by atoms with Gasteiger partial charge >= 0.3 is 5.97 Å². The highest BCUT2D eigenvalue weighted by Gasteiger charge is 2.16. The molecule has 0 aliphatic carbocycles. The summed E-state index contributed by atoms with van der Waals surface area (Å²) in [5.41, 5.74) is 0.139. The van der Waals surface area contributed by atoms with Crippen molar-refractivity contribution < 1.29 is 9.53 Å². The maximum Gasteiger partial charge on any atom is 0.343 e. The van der Waals surface area contributed by atoms with Crippen LogP contribution in [0, 0.1) is 0 Å². The average molecular weight is 247 g/mol. The fraction of sp³-hybridized carbons (Fsp3) is 0.333. The van der Waals surface area contributed by atoms with Crippen molar-refractivity contribution in [1.29, 1.82) is 0 Å². The molecule has 2 heterocycles. The van der Waals surface area contributed by atoms with Crippen molar-refractivity contribution in [2.24, 2.45) is 0 Å². The number of esters is 1. The molecule has 6 heteroatoms. The van der Waals surface area contributed by atoms with Gasteiger partial charge in [-0.15, -0.1) is 0 Å². The van der Waals surface area contributed by atoms with Crippen molar-refractivity contribution in [2.45, 2.75) is 20.4 Å². The van der Waals surface area contributed by atoms with Gasteiger partial charge in [0.2, 0.25) is 5.43 Å². The first kappa shape index (κ1) is 12.2. The largest absolute Gasteiger partial charge is 0.462 e. The molecule has 0 saturated carbocycles. The lowest BCUT2D eigenvalue weighted by atomic mass is 10.2. The number of aromatic nitrogens is 3. The minimum absolute atomic E-state index is 0.0148. The number of ether oxygens (including phenoxy) is 1. The van der Waals surface area contributed by atoms with E-state index in [1.807, 2.05) is 6.92 Å². The van der Waals surface area contributed by atoms with E-state index in [0.717, 1.165) is 0 Å². The van der Waals surface area contributed by atoms with Crippen molar-refractivity contribution in [3.8, 4) is 0 Å². The summed E-state index contributed by atoms with van der Waals surface area (Å²) >= 11 is 0. The molecule has 2 aromatic heterocycles. The normalized spacial score (nSPS) is 10.6. The smallest absolute Gasteiger partial charge is 0.343 e. The van der Waals surface area contributed by atoms with Gasteiger partial charge in [-0.25, -0.2) is 14.8 Å². The summed E-state index contributed by atoms with van der Waals surface area (Å²) in [5.74, 6) is -0.615. The molecule has 6 nitrogen and oxygen atoms in total. The minimum atomic E-state index is -0.615. The molecule has 0 saturated heterocycles. The van der Waals surface area contributed by atoms with E-state index in [4.69, 9.17) is 4.74 Å². The van der Waals surface area contributed by atoms with Gasteiger partial charge in [0.15, 0.2) is 0 Å². The third kappa shape index (κ3) is 1.97. The van der Waals surface area contributed by atoms with Crippen LogP contribution in [0.25, 0.3) is 11.0 Å². The van der Waals surface area contributed by atoms with Crippen LogP contribution in [0.1, 0.15) is 24.2 Å². The van der Waals surface area contributed by atoms with Gasteiger partial charge in [-0.2, -0.15) is 0 Å². The van der Waals surface area contributed by atoms with Crippen molar-refractivity contribution in [3.05, 3.63) is 34.5 Å². The second-order valence-electron chi connectivity index (χ2n) is 3.64. The van der Waals surface area contributed by atoms with Crippen LogP contribution in [-0.4, -0.2) is 27.1 Å². The molecule has 0 spiro atoms. The first-order valence-corrected chi connectivity index (χ1v) is 5.69. The van der Waals surface area contributed by atoms with E-state index in [0.29, 0.717) is 17.6 Å². The molecule has 18 heavy (non-hydrogen) atoms. The Morgan fingerprint density at radius 2 is 2.22 bits per heavy atom. The number of carbonyl (C=O) groups is 1. The molecule has 2 rings (SSSR count). The summed E-state index contributed by atoms with van der Waals surface area (Å²) < 4.78 is 6.59. The average Bonchev–Trinajstić information content (AvgIpc) is 2.40. The van der Waals surface area contributed by atoms with Crippen LogP contribution >= 0.6 is 0 Å². The molecular weight excluding hydrogens is 234 g/mol. The van der Waals surface area contributed by atoms with E-state index in [-0.39, 0.29) is 12.2 Å². The number of hydrogen-bond acceptors (Lipinski definition) is 5. The highest BCUT2D eigenvalue weighted by molar-refractivity contribution is 5.92. The number of fused-ring (bicyclic) bond motifs is 1. The minimum Gasteiger partial charge on any atom is -0.462 e. The number of nitrogens with zero attached hydrogens (tertiary/aromatic N) is 3. The van der Waals surface area contributed by atoms with Crippen LogP contribution in [-0.2, 0) is 11.3 Å². The van der Waals surface area contributed by atoms with E-state index in [9.17, 15) is 9.59 Å². The fourth-order valence-corrected chi connectivity index (χ4v) is 1.73. The Hall–Kier alpha value is -2.24. The SMILES string of the molecule is CCOC(=O)c1cn(CC)c2ncncc2c1=O. The molecule has 0 N–H and O–H groups in total. The molecule has 0 aliphatic rings. The van der Waals surface area contributed by atoms with Gasteiger partial charge in [-0.05, 0) is 13.8 Å². The molecule has 0 amide bonds. The van der Waals surface area contributed by atoms with E-state index in [1.165, 1.54) is 18.7 Å². The van der Waals surface area contributed by atoms with Crippen LogP contribution in [0.2, 0.25) is 0 Å². The molecule has 0 atom stereocenters. The number of rotatable bonds is 3. The van der Waals surface area contributed by atoms with Crippen LogP contribution in [0.15, 0.2) is 23.5 Å². The van der Waals surface area contributed by atoms with Gasteiger partial charge in [0.1, 0.15) is 17.5 Å². The second kappa shape index (κ2) is 4.95. The molecule has 0 bridgehead atoms. The highest BCUT2D eigenvalue weighted by atomic mass is 16.5. The maximum atomic E-state index is 12.1. The van der Waals surface area contributed by atoms with Crippen LogP contribution < -0.4 is 5.43 Å². The molecule has 0 radical (unpaired) electrons. The molecule has 0 aliphatic heterocycles. The van der Waals surface area contributed by atoms with Crippen LogP contribution in [0.4, 0.5) is 0 Å². The van der Waals surface area contributed by atoms with Gasteiger partial charge in [0, 0.05) is 18.9 Å². The summed E-state index contributed by atoms with van der Waals surface area (Å²) in [6, 6.07) is 0. The summed E-state index contributed by atoms with van der Waals surface area (Å²) in [6.45, 7) is 4.43. The molecule has 0 fully saturated rings. The molecular formula is C12H13N3O3. The van der Waals surface area contributed by atoms with Crippen LogP contribution in [0.5, 0.6) is 0 Å². The lowest BCUT2D eigenvalue weighted by molar-refractivity contribution is 0.0524. The molecule has 0 unspecified atom stereocenters. The van der Waals surface area contributed by atoms with Crippen LogP contribution in [0.3, 0.4) is 0 Å². The predicted molar refractivity (Wildman–Crippen MR) is 65.4 cm³/mol. The Labute approximate surface area is 103 Å². The second-order valence-corrected chi connectivity index (χ2v) is 3.64. The number of hydrogen-bond donors (Lipinski definition) is 0. The topological polar surface area (TPSA) is 74.1 Å². The zero-order valence-corrected chi connectivity index (χ0v) is 10.2. The van der Waals surface area contributed by atoms with Gasteiger partial charge in [0.25, 0.3) is 0 Å². The summed E-state index contributed by atoms with van der Waals surface area (Å²) in [5, 5.41) is 0.324. The zero-order chi connectivity index (χ0) is 13.1. The zero-order valence-electron chi connectivity index (χ0n) is 10.2. The third-order valence-electron chi connectivity index (χ3n) is 2.57. The maximum absolute atomic E-state index is 12.1.